The topological polar surface area (TPSA) is 96.2 Å². The van der Waals surface area contributed by atoms with Gasteiger partial charge < -0.3 is 14.5 Å². The lowest BCUT2D eigenvalue weighted by atomic mass is 9.76. The number of piperazine rings is 1. The number of methoxy groups -OCH3 is 1. The number of benzene rings is 2. The minimum Gasteiger partial charge on any atom is -0.497 e. The molecule has 0 N–H and O–H groups in total. The molecular formula is C26H30N4O5. The van der Waals surface area contributed by atoms with Gasteiger partial charge in [-0.15, -0.1) is 0 Å². The number of nitrogens with zero attached hydrogens (tertiary/aromatic N) is 4. The molecule has 184 valence electrons. The Hall–Kier alpha value is -3.62. The van der Waals surface area contributed by atoms with E-state index in [0.717, 1.165) is 17.9 Å². The Bertz CT molecular complexity index is 1160. The SMILES string of the molecule is COc1cccc(N2CCN(c3ccc(N4C(=O)[C@H]5C[C@@H](C)CC[C@H]5C4=O)cc3[N+](=O)[O-])CC2)c1. The van der Waals surface area contributed by atoms with Crippen LogP contribution in [0.25, 0.3) is 0 Å². The van der Waals surface area contributed by atoms with Crippen molar-refractivity contribution in [3.63, 3.8) is 0 Å². The third kappa shape index (κ3) is 4.19. The van der Waals surface area contributed by atoms with Gasteiger partial charge in [-0.3, -0.25) is 19.7 Å². The molecule has 2 saturated heterocycles. The number of anilines is 3. The highest BCUT2D eigenvalue weighted by Crippen LogP contribution is 2.43. The zero-order chi connectivity index (χ0) is 24.7. The molecule has 5 rings (SSSR count). The van der Waals surface area contributed by atoms with E-state index in [1.165, 1.54) is 11.0 Å². The van der Waals surface area contributed by atoms with Crippen LogP contribution in [0.3, 0.4) is 0 Å². The summed E-state index contributed by atoms with van der Waals surface area (Å²) in [5, 5.41) is 12.0. The van der Waals surface area contributed by atoms with E-state index < -0.39 is 4.92 Å². The number of rotatable bonds is 5. The van der Waals surface area contributed by atoms with Crippen molar-refractivity contribution in [1.82, 2.24) is 0 Å². The maximum absolute atomic E-state index is 13.1. The van der Waals surface area contributed by atoms with Gasteiger partial charge in [-0.1, -0.05) is 13.0 Å². The van der Waals surface area contributed by atoms with E-state index >= 15 is 0 Å². The molecule has 3 atom stereocenters. The van der Waals surface area contributed by atoms with E-state index in [1.54, 1.807) is 19.2 Å². The predicted octanol–water partition coefficient (Wildman–Crippen LogP) is 3.86. The highest BCUT2D eigenvalue weighted by Gasteiger charge is 2.50. The number of amides is 2. The van der Waals surface area contributed by atoms with Crippen LogP contribution in [0.15, 0.2) is 42.5 Å². The molecule has 0 bridgehead atoms. The van der Waals surface area contributed by atoms with Gasteiger partial charge >= 0.3 is 0 Å². The quantitative estimate of drug-likeness (QED) is 0.366. The summed E-state index contributed by atoms with van der Waals surface area (Å²) < 4.78 is 5.32. The lowest BCUT2D eigenvalue weighted by molar-refractivity contribution is -0.384. The van der Waals surface area contributed by atoms with Gasteiger partial charge in [-0.2, -0.15) is 0 Å². The third-order valence-electron chi connectivity index (χ3n) is 7.64. The second-order valence-corrected chi connectivity index (χ2v) is 9.75. The Kier molecular flexibility index (Phi) is 6.08. The number of nitro groups is 1. The molecule has 0 spiro atoms. The largest absolute Gasteiger partial charge is 0.497 e. The maximum atomic E-state index is 13.1. The first-order chi connectivity index (χ1) is 16.9. The first-order valence-corrected chi connectivity index (χ1v) is 12.2. The Morgan fingerprint density at radius 2 is 1.63 bits per heavy atom. The Balaban J connectivity index is 1.36. The van der Waals surface area contributed by atoms with Gasteiger partial charge in [0, 0.05) is 44.0 Å². The zero-order valence-corrected chi connectivity index (χ0v) is 20.1. The van der Waals surface area contributed by atoms with Crippen LogP contribution >= 0.6 is 0 Å². The van der Waals surface area contributed by atoms with Gasteiger partial charge in [0.1, 0.15) is 11.4 Å². The molecule has 35 heavy (non-hydrogen) atoms. The first-order valence-electron chi connectivity index (χ1n) is 12.2. The first kappa shape index (κ1) is 23.1. The molecule has 1 aliphatic carbocycles. The van der Waals surface area contributed by atoms with Crippen LogP contribution in [0.1, 0.15) is 26.2 Å². The standard InChI is InChI=1S/C26H30N4O5/c1-17-6-8-21-22(14-17)26(32)29(25(21)31)19-7-9-23(24(16-19)30(33)34)28-12-10-27(11-13-28)18-4-3-5-20(15-18)35-2/h3-5,7,9,15-17,21-22H,6,8,10-14H2,1-2H3/t17-,21+,22-/m0/s1. The van der Waals surface area contributed by atoms with Crippen LogP contribution in [0, 0.1) is 27.9 Å². The summed E-state index contributed by atoms with van der Waals surface area (Å²) in [5.41, 5.74) is 1.78. The number of carbonyl (C=O) groups is 2. The van der Waals surface area contributed by atoms with Crippen molar-refractivity contribution in [3.8, 4) is 5.75 Å². The molecule has 0 unspecified atom stereocenters. The second-order valence-electron chi connectivity index (χ2n) is 9.75. The minimum atomic E-state index is -0.423. The zero-order valence-electron chi connectivity index (χ0n) is 20.1. The smallest absolute Gasteiger partial charge is 0.294 e. The lowest BCUT2D eigenvalue weighted by Gasteiger charge is -2.37. The van der Waals surface area contributed by atoms with Crippen molar-refractivity contribution in [2.45, 2.75) is 26.2 Å². The summed E-state index contributed by atoms with van der Waals surface area (Å²) in [6, 6.07) is 12.6. The molecule has 2 aliphatic heterocycles. The molecule has 3 fully saturated rings. The molecule has 1 saturated carbocycles. The number of hydrogen-bond acceptors (Lipinski definition) is 7. The normalized spacial score (nSPS) is 24.5. The third-order valence-corrected chi connectivity index (χ3v) is 7.64. The molecular weight excluding hydrogens is 448 g/mol. The summed E-state index contributed by atoms with van der Waals surface area (Å²) in [5.74, 6) is 0.134. The van der Waals surface area contributed by atoms with Gasteiger partial charge in [0.05, 0.1) is 29.6 Å². The number of ether oxygens (including phenoxy) is 1. The fourth-order valence-electron chi connectivity index (χ4n) is 5.72. The van der Waals surface area contributed by atoms with Crippen molar-refractivity contribution in [2.75, 3.05) is 48.0 Å². The van der Waals surface area contributed by atoms with E-state index in [0.29, 0.717) is 56.3 Å². The lowest BCUT2D eigenvalue weighted by Crippen LogP contribution is -2.46. The Labute approximate surface area is 204 Å². The van der Waals surface area contributed by atoms with Gasteiger partial charge in [-0.25, -0.2) is 4.90 Å². The van der Waals surface area contributed by atoms with E-state index in [9.17, 15) is 19.7 Å². The minimum absolute atomic E-state index is 0.0822. The average molecular weight is 479 g/mol. The van der Waals surface area contributed by atoms with Crippen molar-refractivity contribution in [3.05, 3.63) is 52.6 Å². The molecule has 2 aromatic rings. The van der Waals surface area contributed by atoms with Gasteiger partial charge in [0.15, 0.2) is 0 Å². The Morgan fingerprint density at radius 1 is 0.914 bits per heavy atom. The molecule has 0 aromatic heterocycles. The number of carbonyl (C=O) groups excluding carboxylic acids is 2. The molecule has 9 nitrogen and oxygen atoms in total. The molecule has 2 aromatic carbocycles. The summed E-state index contributed by atoms with van der Waals surface area (Å²) in [6.07, 6.45) is 2.32. The predicted molar refractivity (Wildman–Crippen MR) is 133 cm³/mol. The number of nitro benzene ring substituents is 1. The molecule has 3 aliphatic rings. The van der Waals surface area contributed by atoms with Crippen LogP contribution in [0.2, 0.25) is 0 Å². The van der Waals surface area contributed by atoms with Crippen LogP contribution in [0.4, 0.5) is 22.7 Å². The van der Waals surface area contributed by atoms with Crippen LogP contribution in [0.5, 0.6) is 5.75 Å². The Morgan fingerprint density at radius 3 is 2.34 bits per heavy atom. The molecule has 2 heterocycles. The molecule has 0 radical (unpaired) electrons. The van der Waals surface area contributed by atoms with Crippen LogP contribution in [-0.2, 0) is 9.59 Å². The van der Waals surface area contributed by atoms with Crippen molar-refractivity contribution in [1.29, 1.82) is 0 Å². The van der Waals surface area contributed by atoms with Crippen molar-refractivity contribution >= 4 is 34.6 Å². The summed E-state index contributed by atoms with van der Waals surface area (Å²) in [7, 11) is 1.64. The summed E-state index contributed by atoms with van der Waals surface area (Å²) >= 11 is 0. The summed E-state index contributed by atoms with van der Waals surface area (Å²) in [4.78, 5) is 43.1. The number of imide groups is 1. The maximum Gasteiger partial charge on any atom is 0.294 e. The molecule has 2 amide bonds. The highest BCUT2D eigenvalue weighted by atomic mass is 16.6. The van der Waals surface area contributed by atoms with E-state index in [1.807, 2.05) is 29.2 Å². The second kappa shape index (κ2) is 9.20. The van der Waals surface area contributed by atoms with Crippen molar-refractivity contribution < 1.29 is 19.2 Å². The van der Waals surface area contributed by atoms with E-state index in [4.69, 9.17) is 4.74 Å². The highest BCUT2D eigenvalue weighted by molar-refractivity contribution is 6.22. The van der Waals surface area contributed by atoms with Gasteiger partial charge in [-0.05, 0) is 49.4 Å². The number of hydrogen-bond donors (Lipinski definition) is 0. The fourth-order valence-corrected chi connectivity index (χ4v) is 5.72. The van der Waals surface area contributed by atoms with Crippen molar-refractivity contribution in [2.24, 2.45) is 17.8 Å². The van der Waals surface area contributed by atoms with Gasteiger partial charge in [0.25, 0.3) is 5.69 Å². The number of fused-ring (bicyclic) bond motifs is 1. The van der Waals surface area contributed by atoms with Gasteiger partial charge in [0.2, 0.25) is 11.8 Å². The van der Waals surface area contributed by atoms with E-state index in [2.05, 4.69) is 11.8 Å². The van der Waals surface area contributed by atoms with E-state index in [-0.39, 0.29) is 29.3 Å². The summed E-state index contributed by atoms with van der Waals surface area (Å²) in [6.45, 7) is 4.74. The van der Waals surface area contributed by atoms with Crippen LogP contribution < -0.4 is 19.4 Å². The molecule has 9 heteroatoms. The fraction of sp³-hybridized carbons (Fsp3) is 0.462. The average Bonchev–Trinajstić information content (AvgIpc) is 3.12. The van der Waals surface area contributed by atoms with Crippen LogP contribution in [-0.4, -0.2) is 50.0 Å². The monoisotopic (exact) mass is 478 g/mol.